The average Bonchev–Trinajstić information content (AvgIpc) is 3.40. The minimum absolute atomic E-state index is 0.00144. The van der Waals surface area contributed by atoms with Crippen LogP contribution in [0.2, 0.25) is 0 Å². The molecule has 4 saturated carbocycles. The summed E-state index contributed by atoms with van der Waals surface area (Å²) in [6.07, 6.45) is 14.4. The molecule has 1 amide bonds. The van der Waals surface area contributed by atoms with E-state index in [-0.39, 0.29) is 57.8 Å². The highest BCUT2D eigenvalue weighted by Crippen LogP contribution is 2.75. The standard InChI is InChI=1S/C46H63N3O5S2/c1-41(2)22-24-46(39(52)53-10)25-23-44(6)31(32(46)28-41)15-16-35-43(5)20-18-36(42(3,4)34(43)17-21-45(35,44)7)47-54-37(50)19-26-49-38(51)33(56-40(49)55)27-29-11-13-30(14-12-29)48(8)9/h11-15,27,32,34-35H,16-26,28H2,1-10H3/b33-27-,47-36-/t32-,34-,35+,43+,44-,45-,46+/m1/s1. The summed E-state index contributed by atoms with van der Waals surface area (Å²) in [6.45, 7) is 17.2. The topological polar surface area (TPSA) is 88.5 Å². The van der Waals surface area contributed by atoms with Gasteiger partial charge in [-0.1, -0.05) is 101 Å². The molecule has 6 aliphatic rings. The fourth-order valence-corrected chi connectivity index (χ4v) is 14.2. The molecule has 1 aromatic carbocycles. The van der Waals surface area contributed by atoms with Crippen molar-refractivity contribution in [2.75, 3.05) is 32.6 Å². The van der Waals surface area contributed by atoms with Crippen molar-refractivity contribution < 1.29 is 24.0 Å². The molecule has 0 unspecified atom stereocenters. The van der Waals surface area contributed by atoms with E-state index in [2.05, 4.69) is 59.7 Å². The van der Waals surface area contributed by atoms with Gasteiger partial charge in [-0.2, -0.15) is 0 Å². The SMILES string of the molecule is COC(=O)[C@]12CCC(C)(C)C[C@@H]1C1=CC[C@H]3[C@@]4(C)CC/C(=N/OC(=O)CCN5C(=O)/C(=C/c6ccc(N(C)C)cc6)SC5=S)C(C)(C)[C@H]4CC[C@@]3(C)[C@]1(C)CC2. The molecule has 5 fully saturated rings. The number of carbonyl (C=O) groups excluding carboxylic acids is 3. The van der Waals surface area contributed by atoms with Gasteiger partial charge in [0.15, 0.2) is 0 Å². The molecule has 1 heterocycles. The number of allylic oxidation sites excluding steroid dienone is 2. The summed E-state index contributed by atoms with van der Waals surface area (Å²) >= 11 is 6.80. The van der Waals surface area contributed by atoms with Gasteiger partial charge < -0.3 is 14.5 Å². The van der Waals surface area contributed by atoms with Crippen molar-refractivity contribution in [2.45, 2.75) is 119 Å². The summed E-state index contributed by atoms with van der Waals surface area (Å²) < 4.78 is 6.00. The van der Waals surface area contributed by atoms with Gasteiger partial charge in [0, 0.05) is 31.7 Å². The second-order valence-corrected chi connectivity index (χ2v) is 21.8. The predicted molar refractivity (Wildman–Crippen MR) is 230 cm³/mol. The van der Waals surface area contributed by atoms with Crippen LogP contribution in [-0.2, 0) is 24.0 Å². The number of ether oxygens (including phenoxy) is 1. The summed E-state index contributed by atoms with van der Waals surface area (Å²) in [5.74, 6) is 0.486. The minimum Gasteiger partial charge on any atom is -0.469 e. The molecule has 8 nitrogen and oxygen atoms in total. The lowest BCUT2D eigenvalue weighted by molar-refractivity contribution is -0.181. The van der Waals surface area contributed by atoms with Crippen molar-refractivity contribution in [3.8, 4) is 0 Å². The first kappa shape index (κ1) is 41.2. The van der Waals surface area contributed by atoms with E-state index in [0.29, 0.717) is 21.1 Å². The summed E-state index contributed by atoms with van der Waals surface area (Å²) in [5, 5.41) is 4.58. The van der Waals surface area contributed by atoms with Gasteiger partial charge in [-0.15, -0.1) is 0 Å². The van der Waals surface area contributed by atoms with Gasteiger partial charge in [-0.25, -0.2) is 4.79 Å². The maximum Gasteiger partial charge on any atom is 0.336 e. The zero-order valence-corrected chi connectivity index (χ0v) is 37.0. The number of oxime groups is 1. The molecule has 0 aromatic heterocycles. The van der Waals surface area contributed by atoms with E-state index in [1.807, 2.05) is 49.3 Å². The summed E-state index contributed by atoms with van der Waals surface area (Å²) in [4.78, 5) is 49.7. The molecular weight excluding hydrogens is 739 g/mol. The number of benzene rings is 1. The Morgan fingerprint density at radius 1 is 0.982 bits per heavy atom. The zero-order chi connectivity index (χ0) is 40.6. The first-order chi connectivity index (χ1) is 26.2. The Bertz CT molecular complexity index is 1900. The molecule has 1 saturated heterocycles. The van der Waals surface area contributed by atoms with Crippen LogP contribution in [0.5, 0.6) is 0 Å². The Morgan fingerprint density at radius 3 is 2.36 bits per heavy atom. The first-order valence-electron chi connectivity index (χ1n) is 20.8. The lowest BCUT2D eigenvalue weighted by Crippen LogP contribution is -2.64. The second kappa shape index (κ2) is 14.4. The molecule has 0 bridgehead atoms. The van der Waals surface area contributed by atoms with Crippen LogP contribution in [0.4, 0.5) is 5.69 Å². The fourth-order valence-electron chi connectivity index (χ4n) is 12.9. The number of hydrogen-bond acceptors (Lipinski definition) is 9. The van der Waals surface area contributed by atoms with Gasteiger partial charge >= 0.3 is 11.9 Å². The van der Waals surface area contributed by atoms with Crippen molar-refractivity contribution in [2.24, 2.45) is 55.4 Å². The van der Waals surface area contributed by atoms with E-state index in [1.165, 1.54) is 16.7 Å². The van der Waals surface area contributed by atoms with Gasteiger partial charge in [0.25, 0.3) is 5.91 Å². The van der Waals surface area contributed by atoms with Crippen molar-refractivity contribution in [3.63, 3.8) is 0 Å². The number of amides is 1. The third-order valence-corrected chi connectivity index (χ3v) is 17.8. The molecule has 304 valence electrons. The van der Waals surface area contributed by atoms with Crippen LogP contribution in [-0.4, -0.2) is 60.5 Å². The summed E-state index contributed by atoms with van der Waals surface area (Å²) in [6, 6.07) is 7.98. The lowest BCUT2D eigenvalue weighted by atomic mass is 9.33. The highest BCUT2D eigenvalue weighted by Gasteiger charge is 2.69. The number of fused-ring (bicyclic) bond motifs is 7. The van der Waals surface area contributed by atoms with Crippen LogP contribution in [0.3, 0.4) is 0 Å². The predicted octanol–water partition coefficient (Wildman–Crippen LogP) is 10.2. The number of thiocarbonyl (C=S) groups is 1. The number of rotatable bonds is 7. The Kier molecular flexibility index (Phi) is 10.6. The summed E-state index contributed by atoms with van der Waals surface area (Å²) in [7, 11) is 5.55. The number of esters is 1. The van der Waals surface area contributed by atoms with Gasteiger partial charge in [0.05, 0.1) is 29.6 Å². The maximum absolute atomic E-state index is 13.6. The van der Waals surface area contributed by atoms with Crippen LogP contribution in [0.1, 0.15) is 125 Å². The third-order valence-electron chi connectivity index (χ3n) is 16.4. The van der Waals surface area contributed by atoms with Crippen molar-refractivity contribution in [3.05, 3.63) is 46.4 Å². The molecule has 10 heteroatoms. The zero-order valence-electron chi connectivity index (χ0n) is 35.4. The van der Waals surface area contributed by atoms with Crippen molar-refractivity contribution in [1.82, 2.24) is 4.90 Å². The third kappa shape index (κ3) is 6.51. The molecule has 5 aliphatic carbocycles. The van der Waals surface area contributed by atoms with Gasteiger partial charge in [0.1, 0.15) is 4.32 Å². The minimum atomic E-state index is -0.459. The number of carbonyl (C=O) groups is 3. The number of nitrogens with zero attached hydrogens (tertiary/aromatic N) is 3. The number of hydrogen-bond donors (Lipinski definition) is 0. The molecule has 1 aromatic rings. The van der Waals surface area contributed by atoms with Crippen LogP contribution in [0.15, 0.2) is 46.0 Å². The van der Waals surface area contributed by atoms with E-state index < -0.39 is 11.4 Å². The first-order valence-corrected chi connectivity index (χ1v) is 22.0. The molecule has 0 N–H and O–H groups in total. The number of anilines is 1. The molecule has 7 atom stereocenters. The number of methoxy groups -OCH3 is 1. The molecule has 56 heavy (non-hydrogen) atoms. The van der Waals surface area contributed by atoms with Crippen molar-refractivity contribution in [1.29, 1.82) is 0 Å². The van der Waals surface area contributed by atoms with Crippen LogP contribution in [0, 0.1) is 50.2 Å². The highest BCUT2D eigenvalue weighted by molar-refractivity contribution is 8.26. The van der Waals surface area contributed by atoms with E-state index in [1.54, 1.807) is 12.7 Å². The van der Waals surface area contributed by atoms with Crippen molar-refractivity contribution >= 4 is 63.6 Å². The molecule has 0 radical (unpaired) electrons. The normalized spacial score (nSPS) is 37.2. The fraction of sp³-hybridized carbons (Fsp3) is 0.674. The van der Waals surface area contributed by atoms with Gasteiger partial charge in [0.2, 0.25) is 0 Å². The van der Waals surface area contributed by atoms with Crippen LogP contribution in [0.25, 0.3) is 6.08 Å². The summed E-state index contributed by atoms with van der Waals surface area (Å²) in [5.41, 5.74) is 4.29. The monoisotopic (exact) mass is 801 g/mol. The van der Waals surface area contributed by atoms with E-state index in [4.69, 9.17) is 21.8 Å². The van der Waals surface area contributed by atoms with E-state index >= 15 is 0 Å². The Labute approximate surface area is 344 Å². The Hall–Kier alpha value is -2.98. The van der Waals surface area contributed by atoms with Gasteiger partial charge in [-0.3, -0.25) is 14.5 Å². The Morgan fingerprint density at radius 2 is 1.68 bits per heavy atom. The molecular formula is C46H63N3O5S2. The molecule has 1 aliphatic heterocycles. The van der Waals surface area contributed by atoms with Crippen LogP contribution >= 0.6 is 24.0 Å². The van der Waals surface area contributed by atoms with Gasteiger partial charge in [-0.05, 0) is 127 Å². The smallest absolute Gasteiger partial charge is 0.336 e. The quantitative estimate of drug-likeness (QED) is 0.0673. The molecule has 7 rings (SSSR count). The second-order valence-electron chi connectivity index (χ2n) is 20.2. The molecule has 0 spiro atoms. The van der Waals surface area contributed by atoms with E-state index in [0.717, 1.165) is 81.2 Å². The van der Waals surface area contributed by atoms with E-state index in [9.17, 15) is 14.4 Å². The maximum atomic E-state index is 13.6. The lowest BCUT2D eigenvalue weighted by Gasteiger charge is -2.70. The average molecular weight is 802 g/mol. The Balaban J connectivity index is 1.03. The largest absolute Gasteiger partial charge is 0.469 e. The van der Waals surface area contributed by atoms with Crippen LogP contribution < -0.4 is 4.90 Å². The number of thioether (sulfide) groups is 1. The highest BCUT2D eigenvalue weighted by atomic mass is 32.2.